The Balaban J connectivity index is 2.08. The van der Waals surface area contributed by atoms with Crippen molar-refractivity contribution in [1.82, 2.24) is 8.97 Å². The summed E-state index contributed by atoms with van der Waals surface area (Å²) in [4.78, 5) is 24.4. The maximum atomic E-state index is 13.6. The van der Waals surface area contributed by atoms with E-state index in [0.717, 1.165) is 10.6 Å². The molecule has 3 rings (SSSR count). The van der Waals surface area contributed by atoms with Gasteiger partial charge in [0.25, 0.3) is 5.56 Å². The number of hydrogen-bond donors (Lipinski definition) is 0. The van der Waals surface area contributed by atoms with Crippen molar-refractivity contribution in [1.29, 1.82) is 0 Å². The highest BCUT2D eigenvalue weighted by Crippen LogP contribution is 2.39. The van der Waals surface area contributed by atoms with E-state index in [1.165, 1.54) is 29.1 Å². The lowest BCUT2D eigenvalue weighted by Crippen LogP contribution is -2.26. The largest absolute Gasteiger partial charge is 0.465 e. The van der Waals surface area contributed by atoms with Crippen LogP contribution < -0.4 is 5.56 Å². The number of ether oxygens (including phenoxy) is 1. The number of fused-ring (bicyclic) bond motifs is 1. The predicted octanol–water partition coefficient (Wildman–Crippen LogP) is 3.63. The minimum atomic E-state index is -4.81. The van der Waals surface area contributed by atoms with Crippen molar-refractivity contribution in [3.8, 4) is 0 Å². The molecule has 2 aromatic heterocycles. The third-order valence-corrected chi connectivity index (χ3v) is 4.27. The highest BCUT2D eigenvalue weighted by atomic mass is 19.4. The van der Waals surface area contributed by atoms with Gasteiger partial charge < -0.3 is 13.7 Å². The second kappa shape index (κ2) is 7.05. The topological polar surface area (TPSA) is 52.7 Å². The number of allylic oxidation sites excluding steroid dienone is 4. The summed E-state index contributed by atoms with van der Waals surface area (Å²) in [6, 6.07) is 1.51. The van der Waals surface area contributed by atoms with Gasteiger partial charge in [0.05, 0.1) is 12.2 Å². The van der Waals surface area contributed by atoms with Gasteiger partial charge in [-0.1, -0.05) is 0 Å². The Morgan fingerprint density at radius 1 is 1.22 bits per heavy atom. The first-order chi connectivity index (χ1) is 12.7. The lowest BCUT2D eigenvalue weighted by Gasteiger charge is -2.17. The van der Waals surface area contributed by atoms with Gasteiger partial charge in [0, 0.05) is 30.6 Å². The summed E-state index contributed by atoms with van der Waals surface area (Å²) in [7, 11) is 0. The first-order valence-corrected chi connectivity index (χ1v) is 8.25. The third-order valence-electron chi connectivity index (χ3n) is 4.27. The zero-order valence-electron chi connectivity index (χ0n) is 14.3. The van der Waals surface area contributed by atoms with Crippen LogP contribution in [0.15, 0.2) is 46.9 Å². The maximum absolute atomic E-state index is 13.6. The Hall–Kier alpha value is -2.84. The van der Waals surface area contributed by atoms with Crippen LogP contribution in [0.3, 0.4) is 0 Å². The average molecular weight is 384 g/mol. The summed E-state index contributed by atoms with van der Waals surface area (Å²) in [6.45, 7) is 1.49. The molecule has 0 saturated carbocycles. The molecule has 0 fully saturated rings. The maximum Gasteiger partial charge on any atom is 0.418 e. The van der Waals surface area contributed by atoms with Crippen LogP contribution in [-0.2, 0) is 16.1 Å². The summed E-state index contributed by atoms with van der Waals surface area (Å²) in [5, 5.41) is 0. The van der Waals surface area contributed by atoms with E-state index in [2.05, 4.69) is 0 Å². The molecule has 144 valence electrons. The van der Waals surface area contributed by atoms with E-state index in [-0.39, 0.29) is 42.6 Å². The normalized spacial score (nSPS) is 15.2. The third kappa shape index (κ3) is 3.67. The zero-order chi connectivity index (χ0) is 19.8. The lowest BCUT2D eigenvalue weighted by atomic mass is 9.93. The first-order valence-electron chi connectivity index (χ1n) is 8.25. The van der Waals surface area contributed by atoms with Crippen LogP contribution in [0.1, 0.15) is 25.3 Å². The fourth-order valence-corrected chi connectivity index (χ4v) is 3.03. The van der Waals surface area contributed by atoms with Crippen molar-refractivity contribution in [2.24, 2.45) is 0 Å². The van der Waals surface area contributed by atoms with Crippen LogP contribution >= 0.6 is 0 Å². The van der Waals surface area contributed by atoms with Gasteiger partial charge >= 0.3 is 12.1 Å². The Kier molecular flexibility index (Phi) is 4.95. The van der Waals surface area contributed by atoms with Crippen LogP contribution in [-0.4, -0.2) is 27.7 Å². The van der Waals surface area contributed by atoms with Crippen molar-refractivity contribution in [2.75, 3.05) is 6.61 Å². The molecule has 9 heteroatoms. The Morgan fingerprint density at radius 3 is 2.63 bits per heavy atom. The Morgan fingerprint density at radius 2 is 1.96 bits per heavy atom. The number of alkyl halides is 3. The van der Waals surface area contributed by atoms with Gasteiger partial charge in [-0.2, -0.15) is 13.2 Å². The van der Waals surface area contributed by atoms with Crippen molar-refractivity contribution in [3.05, 3.63) is 58.1 Å². The fourth-order valence-electron chi connectivity index (χ4n) is 3.03. The summed E-state index contributed by atoms with van der Waals surface area (Å²) in [5.41, 5.74) is -1.25. The van der Waals surface area contributed by atoms with Crippen LogP contribution in [0.2, 0.25) is 0 Å². The molecular formula is C18H16F4N2O3. The number of carbonyl (C=O) groups is 1. The Labute approximate surface area is 151 Å². The van der Waals surface area contributed by atoms with Crippen molar-refractivity contribution in [2.45, 2.75) is 32.5 Å². The van der Waals surface area contributed by atoms with E-state index in [4.69, 9.17) is 4.74 Å². The van der Waals surface area contributed by atoms with Gasteiger partial charge in [-0.25, -0.2) is 4.39 Å². The summed E-state index contributed by atoms with van der Waals surface area (Å²) >= 11 is 0. The standard InChI is InChI=1S/C18H16F4N2O3/c1-2-27-15(25)10-24-8-7-23-6-5-12(16(23)17(24)26)11-3-4-14(19)13(9-11)18(20,21)22/h5-9H,2-4,10H2,1H3. The highest BCUT2D eigenvalue weighted by molar-refractivity contribution is 5.81. The van der Waals surface area contributed by atoms with Crippen molar-refractivity contribution < 1.29 is 27.1 Å². The van der Waals surface area contributed by atoms with E-state index in [0.29, 0.717) is 0 Å². The van der Waals surface area contributed by atoms with Gasteiger partial charge in [-0.05, 0) is 31.1 Å². The summed E-state index contributed by atoms with van der Waals surface area (Å²) in [6.07, 6.45) is 0.0321. The number of nitrogens with zero attached hydrogens (tertiary/aromatic N) is 2. The molecule has 27 heavy (non-hydrogen) atoms. The monoisotopic (exact) mass is 384 g/mol. The van der Waals surface area contributed by atoms with Gasteiger partial charge in [-0.3, -0.25) is 9.59 Å². The van der Waals surface area contributed by atoms with Crippen molar-refractivity contribution >= 4 is 17.1 Å². The van der Waals surface area contributed by atoms with E-state index in [9.17, 15) is 27.2 Å². The minimum Gasteiger partial charge on any atom is -0.465 e. The summed E-state index contributed by atoms with van der Waals surface area (Å²) in [5.74, 6) is -1.81. The van der Waals surface area contributed by atoms with E-state index >= 15 is 0 Å². The molecule has 0 radical (unpaired) electrons. The number of aromatic nitrogens is 2. The van der Waals surface area contributed by atoms with E-state index in [1.54, 1.807) is 6.92 Å². The molecule has 0 saturated heterocycles. The molecule has 1 aliphatic carbocycles. The molecule has 1 aliphatic rings. The van der Waals surface area contributed by atoms with Gasteiger partial charge in [-0.15, -0.1) is 0 Å². The molecule has 0 atom stereocenters. The fraction of sp³-hybridized carbons (Fsp3) is 0.333. The number of rotatable bonds is 4. The highest BCUT2D eigenvalue weighted by Gasteiger charge is 2.37. The molecule has 2 aromatic rings. The molecule has 0 aliphatic heterocycles. The van der Waals surface area contributed by atoms with Crippen LogP contribution in [0.4, 0.5) is 17.6 Å². The number of hydrogen-bond acceptors (Lipinski definition) is 3. The second-order valence-corrected chi connectivity index (χ2v) is 6.01. The second-order valence-electron chi connectivity index (χ2n) is 6.01. The van der Waals surface area contributed by atoms with Gasteiger partial charge in [0.1, 0.15) is 17.9 Å². The molecule has 0 aromatic carbocycles. The number of esters is 1. The quantitative estimate of drug-likeness (QED) is 0.598. The minimum absolute atomic E-state index is 0.0390. The smallest absolute Gasteiger partial charge is 0.418 e. The molecular weight excluding hydrogens is 368 g/mol. The lowest BCUT2D eigenvalue weighted by molar-refractivity contribution is -0.143. The molecule has 0 unspecified atom stereocenters. The SMILES string of the molecule is CCOC(=O)Cn1ccn2ccc(C3=CC(C(F)(F)F)=C(F)CC3)c2c1=O. The molecule has 0 amide bonds. The molecule has 0 spiro atoms. The number of halogens is 4. The molecule has 5 nitrogen and oxygen atoms in total. The molecule has 2 heterocycles. The number of carbonyl (C=O) groups excluding carboxylic acids is 1. The summed E-state index contributed by atoms with van der Waals surface area (Å²) < 4.78 is 60.1. The first kappa shape index (κ1) is 18.9. The van der Waals surface area contributed by atoms with E-state index in [1.807, 2.05) is 0 Å². The predicted molar refractivity (Wildman–Crippen MR) is 89.7 cm³/mol. The van der Waals surface area contributed by atoms with Crippen LogP contribution in [0, 0.1) is 0 Å². The average Bonchev–Trinajstić information content (AvgIpc) is 3.02. The molecule has 0 bridgehead atoms. The van der Waals surface area contributed by atoms with E-state index < -0.39 is 29.1 Å². The van der Waals surface area contributed by atoms with Crippen molar-refractivity contribution in [3.63, 3.8) is 0 Å². The van der Waals surface area contributed by atoms with Crippen LogP contribution in [0.25, 0.3) is 11.1 Å². The zero-order valence-corrected chi connectivity index (χ0v) is 14.3. The van der Waals surface area contributed by atoms with Gasteiger partial charge in [0.15, 0.2) is 0 Å². The Bertz CT molecular complexity index is 1010. The molecule has 0 N–H and O–H groups in total. The van der Waals surface area contributed by atoms with Gasteiger partial charge in [0.2, 0.25) is 0 Å². The van der Waals surface area contributed by atoms with Crippen LogP contribution in [0.5, 0.6) is 0 Å².